The normalized spacial score (nSPS) is 11.3. The van der Waals surface area contributed by atoms with Crippen LogP contribution in [0.4, 0.5) is 8.78 Å². The number of aromatic nitrogens is 4. The Morgan fingerprint density at radius 1 is 0.975 bits per heavy atom. The second-order valence-electron chi connectivity index (χ2n) is 9.84. The smallest absolute Gasteiger partial charge is 0.219 e. The maximum absolute atomic E-state index is 15.1. The van der Waals surface area contributed by atoms with Crippen molar-refractivity contribution in [3.63, 3.8) is 0 Å². The quantitative estimate of drug-likeness (QED) is 0.218. The van der Waals surface area contributed by atoms with E-state index in [-0.39, 0.29) is 29.5 Å². The van der Waals surface area contributed by atoms with Crippen LogP contribution in [-0.2, 0) is 6.42 Å². The fourth-order valence-corrected chi connectivity index (χ4v) is 4.58. The first kappa shape index (κ1) is 26.8. The lowest BCUT2D eigenvalue weighted by Crippen LogP contribution is -2.28. The monoisotopic (exact) mass is 540 g/mol. The minimum absolute atomic E-state index is 0.0414. The van der Waals surface area contributed by atoms with Crippen molar-refractivity contribution in [3.8, 4) is 22.6 Å². The molecule has 9 heteroatoms. The molecule has 0 bridgehead atoms. The average Bonchev–Trinajstić information content (AvgIpc) is 2.91. The Labute approximate surface area is 229 Å². The zero-order chi connectivity index (χ0) is 28.6. The van der Waals surface area contributed by atoms with Gasteiger partial charge in [0.15, 0.2) is 28.8 Å². The summed E-state index contributed by atoms with van der Waals surface area (Å²) >= 11 is 0. The van der Waals surface area contributed by atoms with Gasteiger partial charge in [0.1, 0.15) is 11.3 Å². The molecule has 3 aromatic heterocycles. The molecule has 0 aliphatic rings. The molecule has 0 aliphatic heterocycles. The number of ketones is 1. The SMILES string of the molecule is Cc1cnc2c(Oc3ccc(CC(=O)c4nn(C(C)C)c(C)c(-c5ccc(F)cc5)c4=O)cc3F)ccnc2c1. The van der Waals surface area contributed by atoms with Gasteiger partial charge in [-0.3, -0.25) is 24.2 Å². The van der Waals surface area contributed by atoms with Crippen LogP contribution in [0.2, 0.25) is 0 Å². The molecule has 40 heavy (non-hydrogen) atoms. The average molecular weight is 541 g/mol. The highest BCUT2D eigenvalue weighted by Crippen LogP contribution is 2.30. The molecule has 3 heterocycles. The molecule has 2 aromatic carbocycles. The second-order valence-corrected chi connectivity index (χ2v) is 9.84. The van der Waals surface area contributed by atoms with E-state index < -0.39 is 22.8 Å². The van der Waals surface area contributed by atoms with Crippen molar-refractivity contribution in [2.75, 3.05) is 0 Å². The number of hydrogen-bond donors (Lipinski definition) is 0. The third-order valence-corrected chi connectivity index (χ3v) is 6.50. The van der Waals surface area contributed by atoms with E-state index in [1.54, 1.807) is 36.1 Å². The molecule has 0 spiro atoms. The van der Waals surface area contributed by atoms with Crippen LogP contribution in [0.15, 0.2) is 71.8 Å². The summed E-state index contributed by atoms with van der Waals surface area (Å²) in [7, 11) is 0. The first-order valence-electron chi connectivity index (χ1n) is 12.7. The third kappa shape index (κ3) is 5.22. The molecule has 0 N–H and O–H groups in total. The van der Waals surface area contributed by atoms with Crippen molar-refractivity contribution in [2.24, 2.45) is 0 Å². The summed E-state index contributed by atoms with van der Waals surface area (Å²) in [6.07, 6.45) is 2.99. The zero-order valence-corrected chi connectivity index (χ0v) is 22.4. The van der Waals surface area contributed by atoms with Gasteiger partial charge in [-0.15, -0.1) is 0 Å². The van der Waals surface area contributed by atoms with Crippen LogP contribution in [-0.4, -0.2) is 25.5 Å². The van der Waals surface area contributed by atoms with Gasteiger partial charge in [-0.05, 0) is 74.7 Å². The van der Waals surface area contributed by atoms with Gasteiger partial charge in [0.25, 0.3) is 0 Å². The number of rotatable bonds is 7. The molecule has 0 radical (unpaired) electrons. The number of pyridine rings is 2. The Kier molecular flexibility index (Phi) is 7.21. The lowest BCUT2D eigenvalue weighted by molar-refractivity contribution is 0.0984. The van der Waals surface area contributed by atoms with Crippen molar-refractivity contribution < 1.29 is 18.3 Å². The molecule has 5 rings (SSSR count). The van der Waals surface area contributed by atoms with Crippen LogP contribution in [0.25, 0.3) is 22.2 Å². The number of hydrogen-bond acceptors (Lipinski definition) is 6. The Hall–Kier alpha value is -4.79. The Balaban J connectivity index is 1.45. The van der Waals surface area contributed by atoms with Gasteiger partial charge in [-0.1, -0.05) is 18.2 Å². The van der Waals surface area contributed by atoms with E-state index in [9.17, 15) is 14.0 Å². The fraction of sp³-hybridized carbons (Fsp3) is 0.194. The molecule has 0 aliphatic carbocycles. The molecular weight excluding hydrogens is 514 g/mol. The van der Waals surface area contributed by atoms with Gasteiger partial charge in [-0.25, -0.2) is 8.78 Å². The van der Waals surface area contributed by atoms with E-state index in [1.165, 1.54) is 36.4 Å². The highest BCUT2D eigenvalue weighted by Gasteiger charge is 2.23. The Bertz CT molecular complexity index is 1820. The van der Waals surface area contributed by atoms with Gasteiger partial charge < -0.3 is 4.74 Å². The number of benzene rings is 2. The van der Waals surface area contributed by atoms with Crippen molar-refractivity contribution in [3.05, 3.63) is 111 Å². The summed E-state index contributed by atoms with van der Waals surface area (Å²) in [4.78, 5) is 35.4. The summed E-state index contributed by atoms with van der Waals surface area (Å²) in [6, 6.07) is 13.0. The largest absolute Gasteiger partial charge is 0.452 e. The van der Waals surface area contributed by atoms with Crippen molar-refractivity contribution in [1.29, 1.82) is 0 Å². The van der Waals surface area contributed by atoms with Crippen molar-refractivity contribution in [1.82, 2.24) is 19.7 Å². The van der Waals surface area contributed by atoms with E-state index >= 15 is 4.39 Å². The number of nitrogens with zero attached hydrogens (tertiary/aromatic N) is 4. The molecule has 7 nitrogen and oxygen atoms in total. The van der Waals surface area contributed by atoms with E-state index in [1.807, 2.05) is 26.8 Å². The number of Topliss-reactive ketones (excluding diaryl/α,β-unsaturated/α-hetero) is 1. The topological polar surface area (TPSA) is 87.0 Å². The molecule has 0 saturated heterocycles. The lowest BCUT2D eigenvalue weighted by atomic mass is 10.00. The maximum atomic E-state index is 15.1. The Morgan fingerprint density at radius 3 is 2.42 bits per heavy atom. The number of carbonyl (C=O) groups excluding carboxylic acids is 1. The van der Waals surface area contributed by atoms with Crippen LogP contribution in [0, 0.1) is 25.5 Å². The maximum Gasteiger partial charge on any atom is 0.219 e. The molecular formula is C31H26F2N4O3. The molecule has 5 aromatic rings. The predicted molar refractivity (Wildman–Crippen MR) is 148 cm³/mol. The van der Waals surface area contributed by atoms with Crippen LogP contribution in [0.1, 0.15) is 47.2 Å². The van der Waals surface area contributed by atoms with Gasteiger partial charge in [-0.2, -0.15) is 5.10 Å². The van der Waals surface area contributed by atoms with E-state index in [0.29, 0.717) is 33.6 Å². The minimum Gasteiger partial charge on any atom is -0.452 e. The third-order valence-electron chi connectivity index (χ3n) is 6.50. The van der Waals surface area contributed by atoms with E-state index in [4.69, 9.17) is 4.74 Å². The van der Waals surface area contributed by atoms with Crippen LogP contribution in [0.3, 0.4) is 0 Å². The van der Waals surface area contributed by atoms with E-state index in [0.717, 1.165) is 5.56 Å². The fourth-order valence-electron chi connectivity index (χ4n) is 4.58. The molecule has 0 atom stereocenters. The number of ether oxygens (including phenoxy) is 1. The Morgan fingerprint density at radius 2 is 1.73 bits per heavy atom. The highest BCUT2D eigenvalue weighted by atomic mass is 19.1. The van der Waals surface area contributed by atoms with Gasteiger partial charge in [0, 0.05) is 36.6 Å². The van der Waals surface area contributed by atoms with Gasteiger partial charge in [0.05, 0.1) is 11.1 Å². The van der Waals surface area contributed by atoms with Crippen LogP contribution in [0.5, 0.6) is 11.5 Å². The standard InChI is InChI=1S/C31H26F2N4O3/c1-17(2)37-19(4)28(21-6-8-22(32)9-7-21)31(39)30(36-37)25(38)15-20-5-10-26(23(33)14-20)40-27-11-12-34-24-13-18(3)16-35-29(24)27/h5-14,16-17H,15H2,1-4H3. The number of halogens is 2. The number of aryl methyl sites for hydroxylation is 1. The van der Waals surface area contributed by atoms with Crippen molar-refractivity contribution in [2.45, 2.75) is 40.2 Å². The summed E-state index contributed by atoms with van der Waals surface area (Å²) in [5.74, 6) is -1.37. The summed E-state index contributed by atoms with van der Waals surface area (Å²) in [5.41, 5.74) is 2.90. The zero-order valence-electron chi connectivity index (χ0n) is 22.4. The van der Waals surface area contributed by atoms with Crippen LogP contribution < -0.4 is 10.2 Å². The second kappa shape index (κ2) is 10.8. The van der Waals surface area contributed by atoms with E-state index in [2.05, 4.69) is 15.1 Å². The minimum atomic E-state index is -0.675. The summed E-state index contributed by atoms with van der Waals surface area (Å²) in [5, 5.41) is 4.35. The highest BCUT2D eigenvalue weighted by molar-refractivity contribution is 5.96. The lowest BCUT2D eigenvalue weighted by Gasteiger charge is -2.18. The van der Waals surface area contributed by atoms with Gasteiger partial charge in [0.2, 0.25) is 5.43 Å². The number of fused-ring (bicyclic) bond motifs is 1. The predicted octanol–water partition coefficient (Wildman–Crippen LogP) is 6.55. The van der Waals surface area contributed by atoms with Gasteiger partial charge >= 0.3 is 0 Å². The molecule has 0 amide bonds. The summed E-state index contributed by atoms with van der Waals surface area (Å²) in [6.45, 7) is 7.39. The van der Waals surface area contributed by atoms with Crippen LogP contribution >= 0.6 is 0 Å². The summed E-state index contributed by atoms with van der Waals surface area (Å²) < 4.78 is 36.0. The first-order valence-corrected chi connectivity index (χ1v) is 12.7. The number of carbonyl (C=O) groups is 1. The molecule has 202 valence electrons. The first-order chi connectivity index (χ1) is 19.1. The molecule has 0 fully saturated rings. The molecule has 0 unspecified atom stereocenters. The van der Waals surface area contributed by atoms with Crippen molar-refractivity contribution >= 4 is 16.8 Å². The molecule has 0 saturated carbocycles.